The number of hydrogen-bond donors (Lipinski definition) is 2. The van der Waals surface area contributed by atoms with Gasteiger partial charge in [-0.15, -0.1) is 0 Å². The van der Waals surface area contributed by atoms with Gasteiger partial charge in [0.15, 0.2) is 6.54 Å². The fourth-order valence-electron chi connectivity index (χ4n) is 3.97. The van der Waals surface area contributed by atoms with Crippen LogP contribution in [0.2, 0.25) is 0 Å². The Kier molecular flexibility index (Phi) is 6.55. The predicted octanol–water partition coefficient (Wildman–Crippen LogP) is -0.295. The molecule has 3 rings (SSSR count). The Morgan fingerprint density at radius 2 is 1.67 bits per heavy atom. The van der Waals surface area contributed by atoms with Gasteiger partial charge >= 0.3 is 0 Å². The Morgan fingerprint density at radius 1 is 1.03 bits per heavy atom. The Bertz CT molecular complexity index is 811. The van der Waals surface area contributed by atoms with Gasteiger partial charge in [-0.3, -0.25) is 24.1 Å². The van der Waals surface area contributed by atoms with E-state index in [4.69, 9.17) is 0 Å². The van der Waals surface area contributed by atoms with Crippen molar-refractivity contribution in [1.82, 2.24) is 15.1 Å². The second-order valence-electron chi connectivity index (χ2n) is 9.02. The van der Waals surface area contributed by atoms with Crippen LogP contribution in [0.15, 0.2) is 24.3 Å². The third-order valence-corrected chi connectivity index (χ3v) is 5.40. The Labute approximate surface area is 177 Å². The number of nitrogens with zero attached hydrogens (tertiary/aromatic N) is 2. The molecule has 2 heterocycles. The maximum absolute atomic E-state index is 12.7. The van der Waals surface area contributed by atoms with Crippen molar-refractivity contribution in [2.24, 2.45) is 0 Å². The van der Waals surface area contributed by atoms with Crippen LogP contribution in [-0.4, -0.2) is 78.2 Å². The Hall–Kier alpha value is -2.74. The van der Waals surface area contributed by atoms with Gasteiger partial charge in [-0.25, -0.2) is 0 Å². The van der Waals surface area contributed by atoms with Gasteiger partial charge in [0, 0.05) is 31.5 Å². The molecule has 2 N–H and O–H groups in total. The smallest absolute Gasteiger partial charge is 0.275 e. The van der Waals surface area contributed by atoms with Gasteiger partial charge in [-0.05, 0) is 32.9 Å². The van der Waals surface area contributed by atoms with Crippen molar-refractivity contribution in [2.45, 2.75) is 39.2 Å². The van der Waals surface area contributed by atoms with Crippen LogP contribution in [0.5, 0.6) is 0 Å². The summed E-state index contributed by atoms with van der Waals surface area (Å²) in [7, 11) is 0. The van der Waals surface area contributed by atoms with Gasteiger partial charge in [-0.1, -0.05) is 12.1 Å². The molecule has 8 heteroatoms. The van der Waals surface area contributed by atoms with Gasteiger partial charge < -0.3 is 15.1 Å². The van der Waals surface area contributed by atoms with E-state index in [2.05, 4.69) is 5.32 Å². The number of amides is 4. The molecule has 1 aromatic rings. The second kappa shape index (κ2) is 8.95. The van der Waals surface area contributed by atoms with Crippen LogP contribution in [0.1, 0.15) is 54.3 Å². The van der Waals surface area contributed by atoms with Crippen molar-refractivity contribution in [3.63, 3.8) is 0 Å². The quantitative estimate of drug-likeness (QED) is 0.647. The molecule has 0 aromatic heterocycles. The molecule has 2 aliphatic heterocycles. The van der Waals surface area contributed by atoms with E-state index in [-0.39, 0.29) is 42.1 Å². The minimum absolute atomic E-state index is 0.0166. The Balaban J connectivity index is 1.48. The zero-order valence-electron chi connectivity index (χ0n) is 18.0. The summed E-state index contributed by atoms with van der Waals surface area (Å²) < 4.78 is 0. The number of carbonyl (C=O) groups is 4. The lowest BCUT2D eigenvalue weighted by Crippen LogP contribution is -3.13. The van der Waals surface area contributed by atoms with Crippen LogP contribution in [0.25, 0.3) is 0 Å². The van der Waals surface area contributed by atoms with Crippen molar-refractivity contribution in [1.29, 1.82) is 0 Å². The molecule has 2 aliphatic rings. The summed E-state index contributed by atoms with van der Waals surface area (Å²) in [5.41, 5.74) is 0.545. The summed E-state index contributed by atoms with van der Waals surface area (Å²) in [6, 6.07) is 6.73. The van der Waals surface area contributed by atoms with E-state index in [9.17, 15) is 19.2 Å². The molecule has 0 spiro atoms. The van der Waals surface area contributed by atoms with E-state index >= 15 is 0 Å². The third kappa shape index (κ3) is 5.24. The zero-order valence-corrected chi connectivity index (χ0v) is 18.0. The van der Waals surface area contributed by atoms with Crippen LogP contribution < -0.4 is 10.2 Å². The number of fused-ring (bicyclic) bond motifs is 1. The van der Waals surface area contributed by atoms with Crippen molar-refractivity contribution >= 4 is 23.6 Å². The number of quaternary nitrogens is 1. The molecule has 1 saturated heterocycles. The van der Waals surface area contributed by atoms with Gasteiger partial charge in [0.05, 0.1) is 30.8 Å². The molecule has 1 fully saturated rings. The van der Waals surface area contributed by atoms with Crippen molar-refractivity contribution in [2.75, 3.05) is 39.3 Å². The standard InChI is InChI=1S/C22H30N4O4/c1-22(2,3)23-18(27)15-24-10-6-11-25(14-13-24)19(28)9-12-26-20(29)16-7-4-5-8-17(16)21(26)30/h4-5,7-8H,6,9-15H2,1-3H3,(H,23,27)/p+1. The molecular formula is C22H31N4O4+. The van der Waals surface area contributed by atoms with Crippen molar-refractivity contribution in [3.8, 4) is 0 Å². The number of carbonyl (C=O) groups excluding carboxylic acids is 4. The lowest BCUT2D eigenvalue weighted by molar-refractivity contribution is -0.889. The number of nitrogens with one attached hydrogen (secondary N) is 2. The van der Waals surface area contributed by atoms with Gasteiger partial charge in [0.2, 0.25) is 5.91 Å². The Morgan fingerprint density at radius 3 is 2.27 bits per heavy atom. The van der Waals surface area contributed by atoms with Gasteiger partial charge in [-0.2, -0.15) is 0 Å². The molecule has 4 amide bonds. The first-order valence-corrected chi connectivity index (χ1v) is 10.5. The highest BCUT2D eigenvalue weighted by molar-refractivity contribution is 6.21. The first-order valence-electron chi connectivity index (χ1n) is 10.5. The summed E-state index contributed by atoms with van der Waals surface area (Å²) in [5.74, 6) is -0.714. The highest BCUT2D eigenvalue weighted by Gasteiger charge is 2.35. The molecule has 8 nitrogen and oxygen atoms in total. The van der Waals surface area contributed by atoms with E-state index in [0.29, 0.717) is 37.3 Å². The highest BCUT2D eigenvalue weighted by Crippen LogP contribution is 2.22. The van der Waals surface area contributed by atoms with Crippen LogP contribution >= 0.6 is 0 Å². The second-order valence-corrected chi connectivity index (χ2v) is 9.02. The first kappa shape index (κ1) is 22.0. The molecule has 30 heavy (non-hydrogen) atoms. The minimum Gasteiger partial charge on any atom is -0.347 e. The molecular weight excluding hydrogens is 384 g/mol. The van der Waals surface area contributed by atoms with E-state index in [1.54, 1.807) is 29.2 Å². The molecule has 1 atom stereocenters. The molecule has 0 radical (unpaired) electrons. The molecule has 0 bridgehead atoms. The summed E-state index contributed by atoms with van der Waals surface area (Å²) in [5, 5.41) is 2.98. The summed E-state index contributed by atoms with van der Waals surface area (Å²) in [4.78, 5) is 53.9. The number of benzene rings is 1. The largest absolute Gasteiger partial charge is 0.347 e. The summed E-state index contributed by atoms with van der Waals surface area (Å²) in [6.07, 6.45) is 0.933. The maximum atomic E-state index is 12.7. The zero-order chi connectivity index (χ0) is 21.9. The van der Waals surface area contributed by atoms with E-state index in [1.807, 2.05) is 20.8 Å². The fraction of sp³-hybridized carbons (Fsp3) is 0.545. The average molecular weight is 416 g/mol. The first-order chi connectivity index (χ1) is 14.2. The van der Waals surface area contributed by atoms with Crippen molar-refractivity contribution in [3.05, 3.63) is 35.4 Å². The predicted molar refractivity (Wildman–Crippen MR) is 111 cm³/mol. The molecule has 0 aliphatic carbocycles. The average Bonchev–Trinajstić information content (AvgIpc) is 2.82. The molecule has 0 saturated carbocycles. The van der Waals surface area contributed by atoms with E-state index in [0.717, 1.165) is 22.8 Å². The van der Waals surface area contributed by atoms with E-state index in [1.165, 1.54) is 0 Å². The monoisotopic (exact) mass is 415 g/mol. The van der Waals surface area contributed by atoms with Crippen LogP contribution in [0, 0.1) is 0 Å². The van der Waals surface area contributed by atoms with Crippen LogP contribution in [-0.2, 0) is 9.59 Å². The fourth-order valence-corrected chi connectivity index (χ4v) is 3.97. The molecule has 1 unspecified atom stereocenters. The topological polar surface area (TPSA) is 91.2 Å². The van der Waals surface area contributed by atoms with Gasteiger partial charge in [0.25, 0.3) is 17.7 Å². The van der Waals surface area contributed by atoms with Crippen LogP contribution in [0.4, 0.5) is 0 Å². The maximum Gasteiger partial charge on any atom is 0.275 e. The lowest BCUT2D eigenvalue weighted by atomic mass is 10.1. The van der Waals surface area contributed by atoms with Gasteiger partial charge in [0.1, 0.15) is 0 Å². The lowest BCUT2D eigenvalue weighted by Gasteiger charge is -2.23. The van der Waals surface area contributed by atoms with E-state index < -0.39 is 0 Å². The highest BCUT2D eigenvalue weighted by atomic mass is 16.2. The van der Waals surface area contributed by atoms with Crippen LogP contribution in [0.3, 0.4) is 0 Å². The number of rotatable bonds is 5. The van der Waals surface area contributed by atoms with Crippen molar-refractivity contribution < 1.29 is 24.1 Å². The minimum atomic E-state index is -0.334. The summed E-state index contributed by atoms with van der Waals surface area (Å²) >= 11 is 0. The number of imide groups is 1. The molecule has 162 valence electrons. The normalized spacial score (nSPS) is 19.5. The third-order valence-electron chi connectivity index (χ3n) is 5.40. The molecule has 1 aromatic carbocycles. The number of hydrogen-bond acceptors (Lipinski definition) is 4. The SMILES string of the molecule is CC(C)(C)NC(=O)C[NH+]1CCCN(C(=O)CCN2C(=O)c3ccccc3C2=O)CC1. The summed E-state index contributed by atoms with van der Waals surface area (Å²) in [6.45, 7) is 9.09.